The Morgan fingerprint density at radius 1 is 1.16 bits per heavy atom. The van der Waals surface area contributed by atoms with E-state index in [1.165, 1.54) is 6.07 Å². The van der Waals surface area contributed by atoms with Gasteiger partial charge in [0.05, 0.1) is 23.6 Å². The summed E-state index contributed by atoms with van der Waals surface area (Å²) < 4.78 is 0. The molecule has 25 heavy (non-hydrogen) atoms. The van der Waals surface area contributed by atoms with Crippen molar-refractivity contribution in [2.45, 2.75) is 25.9 Å². The molecule has 2 atom stereocenters. The topological polar surface area (TPSA) is 104 Å². The summed E-state index contributed by atoms with van der Waals surface area (Å²) in [6.07, 6.45) is 0. The fourth-order valence-electron chi connectivity index (χ4n) is 2.49. The first-order valence-corrected chi connectivity index (χ1v) is 7.90. The highest BCUT2D eigenvalue weighted by Gasteiger charge is 2.18. The summed E-state index contributed by atoms with van der Waals surface area (Å²) in [5.41, 5.74) is 2.00. The van der Waals surface area contributed by atoms with Crippen molar-refractivity contribution < 1.29 is 14.8 Å². The monoisotopic (exact) mass is 343 g/mol. The Kier molecular flexibility index (Phi) is 6.08. The van der Waals surface area contributed by atoms with Crippen molar-refractivity contribution in [2.75, 3.05) is 6.61 Å². The Hall–Kier alpha value is -2.93. The van der Waals surface area contributed by atoms with E-state index in [1.54, 1.807) is 26.0 Å². The van der Waals surface area contributed by atoms with Crippen LogP contribution >= 0.6 is 0 Å². The molecule has 7 heteroatoms. The van der Waals surface area contributed by atoms with Crippen molar-refractivity contribution in [3.8, 4) is 0 Å². The Morgan fingerprint density at radius 2 is 1.84 bits per heavy atom. The first-order valence-electron chi connectivity index (χ1n) is 7.90. The highest BCUT2D eigenvalue weighted by atomic mass is 16.6. The maximum atomic E-state index is 12.2. The van der Waals surface area contributed by atoms with Crippen LogP contribution in [0.4, 0.5) is 10.5 Å². The Bertz CT molecular complexity index is 749. The predicted molar refractivity (Wildman–Crippen MR) is 94.2 cm³/mol. The number of nitro benzene ring substituents is 1. The predicted octanol–water partition coefficient (Wildman–Crippen LogP) is 3.00. The minimum atomic E-state index is -0.527. The van der Waals surface area contributed by atoms with Gasteiger partial charge < -0.3 is 15.7 Å². The second-order valence-corrected chi connectivity index (χ2v) is 5.79. The number of carbonyl (C=O) groups is 1. The van der Waals surface area contributed by atoms with Gasteiger partial charge in [-0.25, -0.2) is 4.79 Å². The number of hydrogen-bond donors (Lipinski definition) is 3. The smallest absolute Gasteiger partial charge is 0.315 e. The number of amides is 2. The van der Waals surface area contributed by atoms with Gasteiger partial charge in [0.15, 0.2) is 0 Å². The molecule has 0 aromatic heterocycles. The zero-order valence-electron chi connectivity index (χ0n) is 14.1. The molecule has 0 saturated carbocycles. The number of aliphatic hydroxyl groups is 1. The molecule has 2 amide bonds. The quantitative estimate of drug-likeness (QED) is 0.554. The molecule has 132 valence electrons. The van der Waals surface area contributed by atoms with Gasteiger partial charge in [-0.2, -0.15) is 0 Å². The fourth-order valence-corrected chi connectivity index (χ4v) is 2.49. The van der Waals surface area contributed by atoms with Crippen LogP contribution in [0.2, 0.25) is 0 Å². The van der Waals surface area contributed by atoms with Crippen molar-refractivity contribution in [3.63, 3.8) is 0 Å². The Morgan fingerprint density at radius 3 is 2.44 bits per heavy atom. The van der Waals surface area contributed by atoms with Crippen LogP contribution in [-0.4, -0.2) is 22.7 Å². The van der Waals surface area contributed by atoms with Crippen molar-refractivity contribution in [3.05, 3.63) is 75.3 Å². The van der Waals surface area contributed by atoms with Crippen LogP contribution in [0.15, 0.2) is 48.5 Å². The largest absolute Gasteiger partial charge is 0.394 e. The number of urea groups is 1. The summed E-state index contributed by atoms with van der Waals surface area (Å²) in [7, 11) is 0. The van der Waals surface area contributed by atoms with Gasteiger partial charge >= 0.3 is 6.03 Å². The van der Waals surface area contributed by atoms with Gasteiger partial charge in [-0.15, -0.1) is 0 Å². The SMILES string of the molecule is Cc1ccc([C@H](C)NC(=O)N[C@H](CO)c2ccccc2)cc1[N+](=O)[O-]. The van der Waals surface area contributed by atoms with Gasteiger partial charge in [-0.05, 0) is 25.0 Å². The fraction of sp³-hybridized carbons (Fsp3) is 0.278. The second kappa shape index (κ2) is 8.25. The molecule has 2 rings (SSSR count). The highest BCUT2D eigenvalue weighted by molar-refractivity contribution is 5.75. The lowest BCUT2D eigenvalue weighted by Gasteiger charge is -2.20. The molecule has 0 radical (unpaired) electrons. The normalized spacial score (nSPS) is 12.9. The van der Waals surface area contributed by atoms with Gasteiger partial charge in [0.1, 0.15) is 0 Å². The van der Waals surface area contributed by atoms with Gasteiger partial charge in [-0.3, -0.25) is 10.1 Å². The van der Waals surface area contributed by atoms with Crippen LogP contribution in [0.1, 0.15) is 35.7 Å². The molecule has 3 N–H and O–H groups in total. The van der Waals surface area contributed by atoms with E-state index >= 15 is 0 Å². The zero-order valence-corrected chi connectivity index (χ0v) is 14.1. The number of nitrogens with one attached hydrogen (secondary N) is 2. The van der Waals surface area contributed by atoms with Crippen LogP contribution in [0.3, 0.4) is 0 Å². The second-order valence-electron chi connectivity index (χ2n) is 5.79. The third-order valence-corrected chi connectivity index (χ3v) is 3.97. The molecular formula is C18H21N3O4. The number of aliphatic hydroxyl groups excluding tert-OH is 1. The lowest BCUT2D eigenvalue weighted by Crippen LogP contribution is -2.40. The maximum Gasteiger partial charge on any atom is 0.315 e. The number of rotatable bonds is 6. The summed E-state index contributed by atoms with van der Waals surface area (Å²) in [6, 6.07) is 12.6. The summed E-state index contributed by atoms with van der Waals surface area (Å²) in [5.74, 6) is 0. The Labute approximate surface area is 145 Å². The first-order chi connectivity index (χ1) is 11.9. The summed E-state index contributed by atoms with van der Waals surface area (Å²) in [6.45, 7) is 3.17. The van der Waals surface area contributed by atoms with Crippen molar-refractivity contribution in [1.29, 1.82) is 0 Å². The number of nitrogens with zero attached hydrogens (tertiary/aromatic N) is 1. The van der Waals surface area contributed by atoms with Crippen LogP contribution in [0, 0.1) is 17.0 Å². The number of carbonyl (C=O) groups excluding carboxylic acids is 1. The average Bonchev–Trinajstić information content (AvgIpc) is 2.60. The van der Waals surface area contributed by atoms with E-state index in [-0.39, 0.29) is 12.3 Å². The van der Waals surface area contributed by atoms with E-state index in [9.17, 15) is 20.0 Å². The third-order valence-electron chi connectivity index (χ3n) is 3.97. The van der Waals surface area contributed by atoms with Gasteiger partial charge in [-0.1, -0.05) is 42.5 Å². The Balaban J connectivity index is 2.05. The van der Waals surface area contributed by atoms with Crippen LogP contribution in [0.5, 0.6) is 0 Å². The number of aryl methyl sites for hydroxylation is 1. The zero-order chi connectivity index (χ0) is 18.4. The van der Waals surface area contributed by atoms with Crippen LogP contribution < -0.4 is 10.6 Å². The average molecular weight is 343 g/mol. The molecule has 0 spiro atoms. The molecule has 0 saturated heterocycles. The number of benzene rings is 2. The maximum absolute atomic E-state index is 12.2. The molecule has 0 heterocycles. The van der Waals surface area contributed by atoms with Gasteiger partial charge in [0.2, 0.25) is 0 Å². The van der Waals surface area contributed by atoms with E-state index < -0.39 is 23.0 Å². The minimum Gasteiger partial charge on any atom is -0.394 e. The molecule has 0 aliphatic carbocycles. The lowest BCUT2D eigenvalue weighted by atomic mass is 10.0. The standard InChI is InChI=1S/C18H21N3O4/c1-12-8-9-15(10-17(12)21(24)25)13(2)19-18(23)20-16(11-22)14-6-4-3-5-7-14/h3-10,13,16,22H,11H2,1-2H3,(H2,19,20,23)/t13-,16+/m0/s1. The lowest BCUT2D eigenvalue weighted by molar-refractivity contribution is -0.385. The van der Waals surface area contributed by atoms with E-state index in [1.807, 2.05) is 30.3 Å². The minimum absolute atomic E-state index is 0.0177. The molecule has 0 bridgehead atoms. The first kappa shape index (κ1) is 18.4. The van der Waals surface area contributed by atoms with Crippen molar-refractivity contribution >= 4 is 11.7 Å². The molecular weight excluding hydrogens is 322 g/mol. The van der Waals surface area contributed by atoms with Crippen LogP contribution in [-0.2, 0) is 0 Å². The molecule has 0 aliphatic rings. The molecule has 2 aromatic carbocycles. The summed E-state index contributed by atoms with van der Waals surface area (Å²) in [4.78, 5) is 22.8. The van der Waals surface area contributed by atoms with E-state index in [4.69, 9.17) is 0 Å². The summed E-state index contributed by atoms with van der Waals surface area (Å²) >= 11 is 0. The molecule has 0 aliphatic heterocycles. The molecule has 0 fully saturated rings. The van der Waals surface area contributed by atoms with Crippen LogP contribution in [0.25, 0.3) is 0 Å². The van der Waals surface area contributed by atoms with Gasteiger partial charge in [0, 0.05) is 11.6 Å². The number of hydrogen-bond acceptors (Lipinski definition) is 4. The van der Waals surface area contributed by atoms with Crippen molar-refractivity contribution in [1.82, 2.24) is 10.6 Å². The van der Waals surface area contributed by atoms with E-state index in [0.717, 1.165) is 5.56 Å². The number of nitro groups is 1. The van der Waals surface area contributed by atoms with E-state index in [2.05, 4.69) is 10.6 Å². The highest BCUT2D eigenvalue weighted by Crippen LogP contribution is 2.23. The van der Waals surface area contributed by atoms with E-state index in [0.29, 0.717) is 11.1 Å². The molecule has 0 unspecified atom stereocenters. The summed E-state index contributed by atoms with van der Waals surface area (Å²) in [5, 5.41) is 26.0. The van der Waals surface area contributed by atoms with Crippen molar-refractivity contribution in [2.24, 2.45) is 0 Å². The molecule has 2 aromatic rings. The third kappa shape index (κ3) is 4.77. The van der Waals surface area contributed by atoms with Gasteiger partial charge in [0.25, 0.3) is 5.69 Å². The molecule has 7 nitrogen and oxygen atoms in total.